The van der Waals surface area contributed by atoms with Crippen molar-refractivity contribution >= 4 is 20.4 Å². The monoisotopic (exact) mass is 378 g/mol. The van der Waals surface area contributed by atoms with Crippen molar-refractivity contribution in [1.29, 1.82) is 0 Å². The van der Waals surface area contributed by atoms with Gasteiger partial charge in [0.15, 0.2) is 4.75 Å². The molecule has 0 aromatic carbocycles. The Morgan fingerprint density at radius 2 is 1.67 bits per heavy atom. The zero-order chi connectivity index (χ0) is 18.8. The van der Waals surface area contributed by atoms with Crippen LogP contribution in [0.4, 0.5) is 0 Å². The van der Waals surface area contributed by atoms with E-state index >= 15 is 0 Å². The molecular weight excluding hydrogens is 356 g/mol. The molecule has 0 spiro atoms. The van der Waals surface area contributed by atoms with Crippen molar-refractivity contribution in [2.24, 2.45) is 5.41 Å². The number of nitrogens with one attached hydrogen (secondary N) is 1. The molecule has 1 unspecified atom stereocenters. The van der Waals surface area contributed by atoms with Gasteiger partial charge in [-0.05, 0) is 32.9 Å². The normalized spacial score (nSPS) is 28.0. The van der Waals surface area contributed by atoms with E-state index in [9.17, 15) is 25.9 Å². The summed E-state index contributed by atoms with van der Waals surface area (Å²) in [6, 6.07) is 2.57. The molecule has 0 radical (unpaired) electrons. The van der Waals surface area contributed by atoms with Crippen LogP contribution in [0.15, 0.2) is 30.1 Å². The maximum atomic E-state index is 12.6. The van der Waals surface area contributed by atoms with Gasteiger partial charge in [0.05, 0.1) is 11.2 Å². The summed E-state index contributed by atoms with van der Waals surface area (Å²) < 4.78 is 66.8. The molecule has 3 N–H and O–H groups in total. The first-order valence-corrected chi connectivity index (χ1v) is 10.1. The second-order valence-corrected chi connectivity index (χ2v) is 9.75. The molecule has 1 aromatic rings. The molecule has 1 aliphatic rings. The minimum absolute atomic E-state index is 0.244. The Balaban J connectivity index is 3.09. The molecule has 2 heterocycles. The van der Waals surface area contributed by atoms with Crippen LogP contribution >= 0.6 is 0 Å². The fraction of sp³-hybridized carbons (Fsp3) is 0.571. The van der Waals surface area contributed by atoms with Gasteiger partial charge in [0, 0.05) is 17.3 Å². The number of hydrogen-bond acceptors (Lipinski definition) is 5. The van der Waals surface area contributed by atoms with Crippen molar-refractivity contribution in [3.8, 4) is 0 Å². The summed E-state index contributed by atoms with van der Waals surface area (Å²) in [6.45, 7) is 8.02. The van der Waals surface area contributed by atoms with Crippen molar-refractivity contribution in [3.05, 3.63) is 35.8 Å². The maximum absolute atomic E-state index is 12.6. The van der Waals surface area contributed by atoms with E-state index in [4.69, 9.17) is 0 Å². The Labute approximate surface area is 142 Å². The van der Waals surface area contributed by atoms with Crippen molar-refractivity contribution < 1.29 is 25.9 Å². The lowest BCUT2D eigenvalue weighted by atomic mass is 9.69. The van der Waals surface area contributed by atoms with Gasteiger partial charge in [-0.25, -0.2) is 3.97 Å². The van der Waals surface area contributed by atoms with Crippen LogP contribution in [0.3, 0.4) is 0 Å². The fourth-order valence-corrected chi connectivity index (χ4v) is 6.85. The van der Waals surface area contributed by atoms with E-state index in [2.05, 4.69) is 5.32 Å². The van der Waals surface area contributed by atoms with Crippen LogP contribution in [0.5, 0.6) is 0 Å². The predicted octanol–water partition coefficient (Wildman–Crippen LogP) is 1.53. The molecule has 8 nitrogen and oxygen atoms in total. The van der Waals surface area contributed by atoms with Gasteiger partial charge in [-0.1, -0.05) is 19.9 Å². The second-order valence-electron chi connectivity index (χ2n) is 6.90. The Kier molecular flexibility index (Phi) is 4.01. The molecule has 1 aliphatic heterocycles. The fourth-order valence-electron chi connectivity index (χ4n) is 4.24. The molecular formula is C14H22N2O6S2. The van der Waals surface area contributed by atoms with Gasteiger partial charge in [-0.15, -0.1) is 0 Å². The third kappa shape index (κ3) is 2.17. The zero-order valence-corrected chi connectivity index (χ0v) is 15.7. The summed E-state index contributed by atoms with van der Waals surface area (Å²) in [4.78, 5) is 0. The highest BCUT2D eigenvalue weighted by molar-refractivity contribution is 7.87. The van der Waals surface area contributed by atoms with Crippen LogP contribution in [0.25, 0.3) is 0 Å². The minimum atomic E-state index is -4.83. The van der Waals surface area contributed by atoms with Crippen molar-refractivity contribution in [2.45, 2.75) is 44.9 Å². The van der Waals surface area contributed by atoms with E-state index in [1.54, 1.807) is 40.7 Å². The second kappa shape index (κ2) is 5.07. The molecule has 10 heteroatoms. The third-order valence-electron chi connectivity index (χ3n) is 4.88. The molecule has 1 fully saturated rings. The van der Waals surface area contributed by atoms with Crippen LogP contribution in [-0.4, -0.2) is 35.5 Å². The van der Waals surface area contributed by atoms with Gasteiger partial charge in [-0.2, -0.15) is 16.8 Å². The van der Waals surface area contributed by atoms with Gasteiger partial charge in [0.25, 0.3) is 10.1 Å². The summed E-state index contributed by atoms with van der Waals surface area (Å²) in [7, 11) is -9.58. The smallest absolute Gasteiger partial charge is 0.363 e. The molecule has 1 aromatic heterocycles. The molecule has 136 valence electrons. The van der Waals surface area contributed by atoms with Crippen molar-refractivity contribution in [1.82, 2.24) is 9.29 Å². The summed E-state index contributed by atoms with van der Waals surface area (Å²) in [5.74, 6) is 0. The van der Waals surface area contributed by atoms with Crippen LogP contribution in [-0.2, 0) is 25.2 Å². The summed E-state index contributed by atoms with van der Waals surface area (Å²) in [6.07, 6.45) is 2.72. The molecule has 0 aliphatic carbocycles. The minimum Gasteiger partial charge on any atom is -0.381 e. The summed E-state index contributed by atoms with van der Waals surface area (Å²) in [5, 5.41) is 3.07. The van der Waals surface area contributed by atoms with Gasteiger partial charge in [0.1, 0.15) is 0 Å². The van der Waals surface area contributed by atoms with Crippen molar-refractivity contribution in [3.63, 3.8) is 0 Å². The van der Waals surface area contributed by atoms with Gasteiger partial charge in [-0.3, -0.25) is 9.11 Å². The predicted molar refractivity (Wildman–Crippen MR) is 89.4 cm³/mol. The van der Waals surface area contributed by atoms with Crippen molar-refractivity contribution in [2.75, 3.05) is 0 Å². The van der Waals surface area contributed by atoms with Crippen LogP contribution in [0.2, 0.25) is 0 Å². The van der Waals surface area contributed by atoms with Gasteiger partial charge >= 0.3 is 10.3 Å². The Morgan fingerprint density at radius 1 is 1.12 bits per heavy atom. The third-order valence-corrected chi connectivity index (χ3v) is 7.70. The Bertz CT molecular complexity index is 909. The average Bonchev–Trinajstić information content (AvgIpc) is 2.87. The number of aromatic nitrogens is 1. The lowest BCUT2D eigenvalue weighted by Crippen LogP contribution is -2.59. The molecule has 1 atom stereocenters. The highest BCUT2D eigenvalue weighted by Gasteiger charge is 2.71. The molecule has 0 saturated carbocycles. The molecule has 2 rings (SSSR count). The first-order chi connectivity index (χ1) is 10.6. The van der Waals surface area contributed by atoms with E-state index in [0.717, 1.165) is 6.20 Å². The largest absolute Gasteiger partial charge is 0.381 e. The summed E-state index contributed by atoms with van der Waals surface area (Å²) in [5.41, 5.74) is -2.19. The van der Waals surface area contributed by atoms with Crippen LogP contribution in [0, 0.1) is 5.41 Å². The highest BCUT2D eigenvalue weighted by Crippen LogP contribution is 2.60. The maximum Gasteiger partial charge on any atom is 0.363 e. The van der Waals surface area contributed by atoms with E-state index in [1.807, 2.05) is 0 Å². The number of rotatable bonds is 3. The molecule has 0 amide bonds. The summed E-state index contributed by atoms with van der Waals surface area (Å²) >= 11 is 0. The SMILES string of the molecule is CC=C1NC(C)(C)C(c2cccn2S(=O)(=O)O)(S(=O)(=O)O)C1(C)C. The first kappa shape index (κ1) is 19.0. The highest BCUT2D eigenvalue weighted by atomic mass is 32.2. The molecule has 24 heavy (non-hydrogen) atoms. The quantitative estimate of drug-likeness (QED) is 0.681. The van der Waals surface area contributed by atoms with Gasteiger partial charge in [0.2, 0.25) is 0 Å². The topological polar surface area (TPSA) is 126 Å². The zero-order valence-electron chi connectivity index (χ0n) is 14.1. The number of nitrogens with zero attached hydrogens (tertiary/aromatic N) is 1. The van der Waals surface area contributed by atoms with Crippen LogP contribution < -0.4 is 5.32 Å². The molecule has 0 bridgehead atoms. The molecule has 1 saturated heterocycles. The Hall–Kier alpha value is -1.36. The standard InChI is InChI=1S/C14H22N2O6S2/c1-6-10-12(2,3)14(23(17,18)19,13(4,5)15-10)11-8-7-9-16(11)24(20,21)22/h6-9,15H,1-5H3,(H,17,18,19)(H,20,21,22). The Morgan fingerprint density at radius 3 is 2.04 bits per heavy atom. The number of allylic oxidation sites excluding steroid dienone is 2. The first-order valence-electron chi connectivity index (χ1n) is 7.22. The van der Waals surface area contributed by atoms with E-state index in [0.29, 0.717) is 9.67 Å². The van der Waals surface area contributed by atoms with Crippen LogP contribution in [0.1, 0.15) is 40.3 Å². The van der Waals surface area contributed by atoms with E-state index in [1.165, 1.54) is 12.1 Å². The van der Waals surface area contributed by atoms with E-state index in [-0.39, 0.29) is 5.69 Å². The lowest BCUT2D eigenvalue weighted by molar-refractivity contribution is 0.226. The number of hydrogen-bond donors (Lipinski definition) is 3. The van der Waals surface area contributed by atoms with E-state index < -0.39 is 36.1 Å². The average molecular weight is 378 g/mol. The van der Waals surface area contributed by atoms with Gasteiger partial charge < -0.3 is 5.32 Å². The lowest BCUT2D eigenvalue weighted by Gasteiger charge is -2.44.